The summed E-state index contributed by atoms with van der Waals surface area (Å²) in [6.07, 6.45) is 0. The lowest BCUT2D eigenvalue weighted by atomic mass is 10.0. The van der Waals surface area contributed by atoms with Gasteiger partial charge in [-0.05, 0) is 44.5 Å². The van der Waals surface area contributed by atoms with Crippen LogP contribution in [-0.4, -0.2) is 62.8 Å². The Bertz CT molecular complexity index is 723. The van der Waals surface area contributed by atoms with Gasteiger partial charge in [-0.15, -0.1) is 0 Å². The second-order valence-corrected chi connectivity index (χ2v) is 9.13. The molecule has 0 aliphatic carbocycles. The fraction of sp³-hybridized carbons (Fsp3) is 0.611. The van der Waals surface area contributed by atoms with Crippen LogP contribution in [0.3, 0.4) is 0 Å². The smallest absolute Gasteiger partial charge is 0.251 e. The van der Waals surface area contributed by atoms with Crippen molar-refractivity contribution in [1.82, 2.24) is 14.5 Å². The van der Waals surface area contributed by atoms with E-state index in [9.17, 15) is 13.2 Å². The highest BCUT2D eigenvalue weighted by Crippen LogP contribution is 2.21. The van der Waals surface area contributed by atoms with Gasteiger partial charge in [-0.1, -0.05) is 19.9 Å². The Morgan fingerprint density at radius 1 is 1.12 bits per heavy atom. The molecule has 7 heteroatoms. The Labute approximate surface area is 151 Å². The minimum absolute atomic E-state index is 0.0183. The van der Waals surface area contributed by atoms with Gasteiger partial charge >= 0.3 is 0 Å². The van der Waals surface area contributed by atoms with Gasteiger partial charge < -0.3 is 10.2 Å². The molecule has 25 heavy (non-hydrogen) atoms. The molecule has 1 aromatic rings. The van der Waals surface area contributed by atoms with E-state index in [2.05, 4.69) is 10.2 Å². The molecule has 0 bridgehead atoms. The van der Waals surface area contributed by atoms with Crippen LogP contribution in [0, 0.1) is 12.8 Å². The van der Waals surface area contributed by atoms with Crippen molar-refractivity contribution in [2.24, 2.45) is 5.92 Å². The summed E-state index contributed by atoms with van der Waals surface area (Å²) in [5, 5.41) is 2.95. The van der Waals surface area contributed by atoms with Gasteiger partial charge in [0.2, 0.25) is 10.0 Å². The maximum Gasteiger partial charge on any atom is 0.251 e. The summed E-state index contributed by atoms with van der Waals surface area (Å²) in [5.74, 6) is 0.0793. The zero-order chi connectivity index (χ0) is 18.8. The van der Waals surface area contributed by atoms with E-state index in [4.69, 9.17) is 0 Å². The van der Waals surface area contributed by atoms with Gasteiger partial charge in [0.15, 0.2) is 0 Å². The van der Waals surface area contributed by atoms with Gasteiger partial charge in [-0.2, -0.15) is 4.31 Å². The molecule has 1 atom stereocenters. The first kappa shape index (κ1) is 19.9. The van der Waals surface area contributed by atoms with E-state index in [0.29, 0.717) is 37.7 Å². The average molecular weight is 368 g/mol. The summed E-state index contributed by atoms with van der Waals surface area (Å²) in [7, 11) is -1.60. The number of rotatable bonds is 5. The van der Waals surface area contributed by atoms with Gasteiger partial charge in [0.1, 0.15) is 0 Å². The van der Waals surface area contributed by atoms with E-state index in [1.165, 1.54) is 10.4 Å². The Balaban J connectivity index is 2.27. The fourth-order valence-corrected chi connectivity index (χ4v) is 4.08. The number of amides is 1. The number of aryl methyl sites for hydroxylation is 1. The third-order valence-electron chi connectivity index (χ3n) is 4.91. The number of hydrogen-bond donors (Lipinski definition) is 1. The van der Waals surface area contributed by atoms with Gasteiger partial charge in [0.25, 0.3) is 5.91 Å². The zero-order valence-electron chi connectivity index (χ0n) is 15.7. The Hall–Kier alpha value is -1.44. The number of likely N-dealkylation sites (N-methyl/N-ethyl adjacent to an activating group) is 1. The van der Waals surface area contributed by atoms with Crippen LogP contribution in [0.15, 0.2) is 23.1 Å². The molecule has 1 N–H and O–H groups in total. The molecule has 140 valence electrons. The maximum absolute atomic E-state index is 12.9. The number of sulfonamides is 1. The van der Waals surface area contributed by atoms with E-state index < -0.39 is 10.0 Å². The van der Waals surface area contributed by atoms with Crippen LogP contribution in [0.5, 0.6) is 0 Å². The molecular formula is C18H29N3O3S. The van der Waals surface area contributed by atoms with Crippen LogP contribution in [-0.2, 0) is 10.0 Å². The van der Waals surface area contributed by atoms with Gasteiger partial charge in [0, 0.05) is 37.8 Å². The van der Waals surface area contributed by atoms with Crippen molar-refractivity contribution in [1.29, 1.82) is 0 Å². The number of benzene rings is 1. The maximum atomic E-state index is 12.9. The Kier molecular flexibility index (Phi) is 6.24. The first-order chi connectivity index (χ1) is 11.6. The number of nitrogens with one attached hydrogen (secondary N) is 1. The van der Waals surface area contributed by atoms with E-state index in [1.807, 2.05) is 34.7 Å². The van der Waals surface area contributed by atoms with E-state index >= 15 is 0 Å². The molecule has 1 aromatic carbocycles. The number of carbonyl (C=O) groups is 1. The van der Waals surface area contributed by atoms with Crippen LogP contribution in [0.1, 0.15) is 36.7 Å². The quantitative estimate of drug-likeness (QED) is 0.860. The summed E-state index contributed by atoms with van der Waals surface area (Å²) in [6.45, 7) is 10.2. The zero-order valence-corrected chi connectivity index (χ0v) is 16.6. The minimum Gasteiger partial charge on any atom is -0.349 e. The molecule has 0 saturated carbocycles. The molecule has 1 fully saturated rings. The third-order valence-corrected chi connectivity index (χ3v) is 6.81. The summed E-state index contributed by atoms with van der Waals surface area (Å²) in [6, 6.07) is 4.82. The Morgan fingerprint density at radius 2 is 1.72 bits per heavy atom. The molecular weight excluding hydrogens is 338 g/mol. The van der Waals surface area contributed by atoms with Crippen LogP contribution < -0.4 is 5.32 Å². The lowest BCUT2D eigenvalue weighted by Crippen LogP contribution is -2.47. The molecule has 0 radical (unpaired) electrons. The van der Waals surface area contributed by atoms with Gasteiger partial charge in [-0.25, -0.2) is 8.42 Å². The summed E-state index contributed by atoms with van der Waals surface area (Å²) >= 11 is 0. The predicted molar refractivity (Wildman–Crippen MR) is 99.2 cm³/mol. The molecule has 6 nitrogen and oxygen atoms in total. The third kappa shape index (κ3) is 4.59. The lowest BCUT2D eigenvalue weighted by Gasteiger charge is -2.31. The molecule has 1 heterocycles. The van der Waals surface area contributed by atoms with Crippen molar-refractivity contribution in [3.8, 4) is 0 Å². The van der Waals surface area contributed by atoms with Crippen molar-refractivity contribution < 1.29 is 13.2 Å². The highest BCUT2D eigenvalue weighted by Gasteiger charge is 2.28. The molecule has 1 amide bonds. The van der Waals surface area contributed by atoms with E-state index in [0.717, 1.165) is 5.56 Å². The van der Waals surface area contributed by atoms with Gasteiger partial charge in [0.05, 0.1) is 4.90 Å². The minimum atomic E-state index is -3.58. The lowest BCUT2D eigenvalue weighted by molar-refractivity contribution is 0.0929. The SMILES string of the molecule is Cc1ccc(S(=O)(=O)N2CCN(C)CC2)cc1C(=O)N[C@H](C)C(C)C. The van der Waals surface area contributed by atoms with Crippen LogP contribution in [0.4, 0.5) is 0 Å². The number of carbonyl (C=O) groups excluding carboxylic acids is 1. The molecule has 0 spiro atoms. The molecule has 1 saturated heterocycles. The van der Waals surface area contributed by atoms with Crippen LogP contribution in [0.2, 0.25) is 0 Å². The highest BCUT2D eigenvalue weighted by molar-refractivity contribution is 7.89. The van der Waals surface area contributed by atoms with Gasteiger partial charge in [-0.3, -0.25) is 4.79 Å². The summed E-state index contributed by atoms with van der Waals surface area (Å²) in [4.78, 5) is 14.8. The van der Waals surface area contributed by atoms with Crippen LogP contribution in [0.25, 0.3) is 0 Å². The average Bonchev–Trinajstić information content (AvgIpc) is 2.55. The normalized spacial score (nSPS) is 18.3. The molecule has 1 aliphatic rings. The standard InChI is InChI=1S/C18H29N3O3S/c1-13(2)15(4)19-18(22)17-12-16(7-6-14(17)3)25(23,24)21-10-8-20(5)9-11-21/h6-7,12-13,15H,8-11H2,1-5H3,(H,19,22)/t15-/m1/s1. The summed E-state index contributed by atoms with van der Waals surface area (Å²) < 4.78 is 27.3. The van der Waals surface area contributed by atoms with Crippen molar-refractivity contribution in [2.45, 2.75) is 38.6 Å². The number of nitrogens with zero attached hydrogens (tertiary/aromatic N) is 2. The Morgan fingerprint density at radius 3 is 2.28 bits per heavy atom. The fourth-order valence-electron chi connectivity index (χ4n) is 2.63. The van der Waals surface area contributed by atoms with Crippen molar-refractivity contribution in [3.63, 3.8) is 0 Å². The molecule has 0 unspecified atom stereocenters. The van der Waals surface area contributed by atoms with E-state index in [-0.39, 0.29) is 16.8 Å². The topological polar surface area (TPSA) is 69.7 Å². The van der Waals surface area contributed by atoms with Crippen molar-refractivity contribution >= 4 is 15.9 Å². The summed E-state index contributed by atoms with van der Waals surface area (Å²) in [5.41, 5.74) is 1.19. The van der Waals surface area contributed by atoms with Crippen molar-refractivity contribution in [2.75, 3.05) is 33.2 Å². The van der Waals surface area contributed by atoms with Crippen LogP contribution >= 0.6 is 0 Å². The monoisotopic (exact) mass is 367 g/mol. The highest BCUT2D eigenvalue weighted by atomic mass is 32.2. The largest absolute Gasteiger partial charge is 0.349 e. The predicted octanol–water partition coefficient (Wildman–Crippen LogP) is 1.71. The van der Waals surface area contributed by atoms with E-state index in [1.54, 1.807) is 12.1 Å². The molecule has 0 aromatic heterocycles. The first-order valence-electron chi connectivity index (χ1n) is 8.73. The molecule has 1 aliphatic heterocycles. The number of hydrogen-bond acceptors (Lipinski definition) is 4. The number of piperazine rings is 1. The second-order valence-electron chi connectivity index (χ2n) is 7.19. The second kappa shape index (κ2) is 7.85. The van der Waals surface area contributed by atoms with Crippen molar-refractivity contribution in [3.05, 3.63) is 29.3 Å². The molecule has 2 rings (SSSR count). The first-order valence-corrected chi connectivity index (χ1v) is 10.2.